The lowest BCUT2D eigenvalue weighted by molar-refractivity contribution is -0.127. The lowest BCUT2D eigenvalue weighted by atomic mass is 10.1. The molecule has 0 unspecified atom stereocenters. The molecule has 1 fully saturated rings. The zero-order valence-corrected chi connectivity index (χ0v) is 20.7. The monoisotopic (exact) mass is 537 g/mol. The highest BCUT2D eigenvalue weighted by Gasteiger charge is 2.36. The number of imide groups is 1. The summed E-state index contributed by atoms with van der Waals surface area (Å²) in [5.74, 6) is -2.03. The second kappa shape index (κ2) is 10.2. The molecule has 0 saturated carbocycles. The van der Waals surface area contributed by atoms with Crippen molar-refractivity contribution in [3.63, 3.8) is 0 Å². The van der Waals surface area contributed by atoms with Crippen LogP contribution in [0.25, 0.3) is 17.0 Å². The Morgan fingerprint density at radius 1 is 1.00 bits per heavy atom. The maximum Gasteiger partial charge on any atom is 0.294 e. The minimum absolute atomic E-state index is 0.183. The molecule has 4 aromatic rings. The fourth-order valence-electron chi connectivity index (χ4n) is 4.01. The Morgan fingerprint density at radius 2 is 1.73 bits per heavy atom. The number of hydrogen-bond acceptors (Lipinski definition) is 4. The first-order chi connectivity index (χ1) is 17.8. The van der Waals surface area contributed by atoms with Gasteiger partial charge in [0.05, 0.1) is 4.91 Å². The van der Waals surface area contributed by atoms with Crippen molar-refractivity contribution in [3.8, 4) is 0 Å². The Labute approximate surface area is 219 Å². The molecule has 3 amide bonds. The summed E-state index contributed by atoms with van der Waals surface area (Å²) >= 11 is 6.97. The van der Waals surface area contributed by atoms with E-state index in [0.29, 0.717) is 22.8 Å². The summed E-state index contributed by atoms with van der Waals surface area (Å²) in [6, 6.07) is 16.9. The smallest absolute Gasteiger partial charge is 0.294 e. The number of amides is 3. The number of nitrogens with zero attached hydrogens (tertiary/aromatic N) is 2. The number of para-hydroxylation sites is 1. The molecule has 0 bridgehead atoms. The number of benzene rings is 3. The van der Waals surface area contributed by atoms with E-state index >= 15 is 0 Å². The molecule has 2 heterocycles. The molecule has 0 spiro atoms. The van der Waals surface area contributed by atoms with E-state index in [2.05, 4.69) is 5.32 Å². The molecule has 6 nitrogen and oxygen atoms in total. The van der Waals surface area contributed by atoms with E-state index in [0.717, 1.165) is 33.1 Å². The van der Waals surface area contributed by atoms with Crippen LogP contribution in [0.5, 0.6) is 0 Å². The van der Waals surface area contributed by atoms with Crippen LogP contribution in [0.4, 0.5) is 19.3 Å². The third-order valence-corrected chi connectivity index (χ3v) is 7.02. The maximum atomic E-state index is 13.5. The van der Waals surface area contributed by atoms with Gasteiger partial charge >= 0.3 is 0 Å². The first-order valence-electron chi connectivity index (χ1n) is 11.1. The molecule has 0 aliphatic carbocycles. The molecule has 5 rings (SSSR count). The molecular formula is C27H18ClF2N3O3S. The summed E-state index contributed by atoms with van der Waals surface area (Å²) in [6.07, 6.45) is 3.45. The summed E-state index contributed by atoms with van der Waals surface area (Å²) in [6.45, 7) is -0.0945. The topological polar surface area (TPSA) is 71.4 Å². The summed E-state index contributed by atoms with van der Waals surface area (Å²) in [5, 5.41) is 3.13. The van der Waals surface area contributed by atoms with Gasteiger partial charge in [0.25, 0.3) is 11.1 Å². The van der Waals surface area contributed by atoms with Crippen LogP contribution in [-0.2, 0) is 16.1 Å². The number of thioether (sulfide) groups is 1. The third kappa shape index (κ3) is 5.28. The van der Waals surface area contributed by atoms with Gasteiger partial charge in [0.1, 0.15) is 18.2 Å². The van der Waals surface area contributed by atoms with Gasteiger partial charge in [0.15, 0.2) is 0 Å². The van der Waals surface area contributed by atoms with Crippen LogP contribution in [-0.4, -0.2) is 33.1 Å². The number of fused-ring (bicyclic) bond motifs is 1. The zero-order chi connectivity index (χ0) is 26.1. The standard InChI is InChI=1S/C27H18ClF2N3O3S/c28-22-12-19(30)6-5-16(22)13-32-14-17(21-3-1-2-4-23(21)32)11-24-26(35)33(27(36)37-24)15-25(34)31-20-9-7-18(29)8-10-20/h1-12,14H,13,15H2,(H,31,34)/b24-11-. The van der Waals surface area contributed by atoms with Crippen molar-refractivity contribution in [2.75, 3.05) is 11.9 Å². The highest BCUT2D eigenvalue weighted by atomic mass is 35.5. The summed E-state index contributed by atoms with van der Waals surface area (Å²) in [4.78, 5) is 39.0. The zero-order valence-electron chi connectivity index (χ0n) is 19.1. The average molecular weight is 538 g/mol. The van der Waals surface area contributed by atoms with E-state index in [-0.39, 0.29) is 4.91 Å². The van der Waals surface area contributed by atoms with Gasteiger partial charge in [-0.2, -0.15) is 0 Å². The molecule has 37 heavy (non-hydrogen) atoms. The first-order valence-corrected chi connectivity index (χ1v) is 12.3. The van der Waals surface area contributed by atoms with Crippen molar-refractivity contribution < 1.29 is 23.2 Å². The van der Waals surface area contributed by atoms with Gasteiger partial charge in [-0.1, -0.05) is 35.9 Å². The van der Waals surface area contributed by atoms with Gasteiger partial charge in [-0.3, -0.25) is 19.3 Å². The molecule has 3 aromatic carbocycles. The van der Waals surface area contributed by atoms with Crippen molar-refractivity contribution in [1.82, 2.24) is 9.47 Å². The van der Waals surface area contributed by atoms with Crippen molar-refractivity contribution >= 4 is 63.1 Å². The Hall–Kier alpha value is -3.95. The van der Waals surface area contributed by atoms with Crippen LogP contribution in [0, 0.1) is 11.6 Å². The second-order valence-corrected chi connectivity index (χ2v) is 9.69. The van der Waals surface area contributed by atoms with Crippen LogP contribution in [0.2, 0.25) is 5.02 Å². The lowest BCUT2D eigenvalue weighted by Crippen LogP contribution is -2.36. The predicted molar refractivity (Wildman–Crippen MR) is 140 cm³/mol. The molecule has 0 radical (unpaired) electrons. The van der Waals surface area contributed by atoms with Crippen LogP contribution >= 0.6 is 23.4 Å². The van der Waals surface area contributed by atoms with Crippen molar-refractivity contribution in [2.24, 2.45) is 0 Å². The van der Waals surface area contributed by atoms with Crippen LogP contribution in [0.15, 0.2) is 77.8 Å². The van der Waals surface area contributed by atoms with Crippen LogP contribution in [0.3, 0.4) is 0 Å². The first kappa shape index (κ1) is 24.7. The summed E-state index contributed by atoms with van der Waals surface area (Å²) < 4.78 is 28.5. The van der Waals surface area contributed by atoms with Gasteiger partial charge in [0, 0.05) is 39.9 Å². The van der Waals surface area contributed by atoms with Crippen molar-refractivity contribution in [2.45, 2.75) is 6.54 Å². The van der Waals surface area contributed by atoms with E-state index in [4.69, 9.17) is 11.6 Å². The average Bonchev–Trinajstić information content (AvgIpc) is 3.34. The Kier molecular flexibility index (Phi) is 6.82. The second-order valence-electron chi connectivity index (χ2n) is 8.29. The highest BCUT2D eigenvalue weighted by molar-refractivity contribution is 8.18. The number of carbonyl (C=O) groups is 3. The van der Waals surface area contributed by atoms with Crippen LogP contribution < -0.4 is 5.32 Å². The minimum atomic E-state index is -0.581. The molecule has 1 aliphatic heterocycles. The van der Waals surface area contributed by atoms with Gasteiger partial charge < -0.3 is 9.88 Å². The Bertz CT molecular complexity index is 1580. The number of halogens is 3. The summed E-state index contributed by atoms with van der Waals surface area (Å²) in [5.41, 5.74) is 2.65. The maximum absolute atomic E-state index is 13.5. The molecule has 1 aromatic heterocycles. The van der Waals surface area contributed by atoms with Gasteiger partial charge in [-0.25, -0.2) is 8.78 Å². The van der Waals surface area contributed by atoms with E-state index in [9.17, 15) is 23.2 Å². The molecule has 1 N–H and O–H groups in total. The molecule has 0 atom stereocenters. The van der Waals surface area contributed by atoms with E-state index in [1.54, 1.807) is 12.1 Å². The number of hydrogen-bond donors (Lipinski definition) is 1. The van der Waals surface area contributed by atoms with Gasteiger partial charge in [-0.15, -0.1) is 0 Å². The van der Waals surface area contributed by atoms with E-state index in [1.807, 2.05) is 35.0 Å². The molecule has 10 heteroatoms. The SMILES string of the molecule is O=C(CN1C(=O)S/C(=C\c2cn(Cc3ccc(F)cc3Cl)c3ccccc23)C1=O)Nc1ccc(F)cc1. The number of nitrogens with one attached hydrogen (secondary N) is 1. The molecule has 1 aliphatic rings. The van der Waals surface area contributed by atoms with Gasteiger partial charge in [-0.05, 0) is 65.9 Å². The number of rotatable bonds is 6. The number of anilines is 1. The highest BCUT2D eigenvalue weighted by Crippen LogP contribution is 2.34. The lowest BCUT2D eigenvalue weighted by Gasteiger charge is -2.12. The Balaban J connectivity index is 1.38. The third-order valence-electron chi connectivity index (χ3n) is 5.77. The minimum Gasteiger partial charge on any atom is -0.342 e. The van der Waals surface area contributed by atoms with Gasteiger partial charge in [0.2, 0.25) is 5.91 Å². The predicted octanol–water partition coefficient (Wildman–Crippen LogP) is 6.30. The summed E-state index contributed by atoms with van der Waals surface area (Å²) in [7, 11) is 0. The molecule has 186 valence electrons. The molecular weight excluding hydrogens is 520 g/mol. The quantitative estimate of drug-likeness (QED) is 0.293. The Morgan fingerprint density at radius 3 is 2.49 bits per heavy atom. The van der Waals surface area contributed by atoms with E-state index < -0.39 is 35.2 Å². The molecule has 1 saturated heterocycles. The van der Waals surface area contributed by atoms with Crippen molar-refractivity contribution in [3.05, 3.63) is 106 Å². The van der Waals surface area contributed by atoms with Crippen LogP contribution in [0.1, 0.15) is 11.1 Å². The fraction of sp³-hybridized carbons (Fsp3) is 0.0741. The largest absolute Gasteiger partial charge is 0.342 e. The number of aromatic nitrogens is 1. The normalized spacial score (nSPS) is 14.7. The number of carbonyl (C=O) groups excluding carboxylic acids is 3. The van der Waals surface area contributed by atoms with Crippen molar-refractivity contribution in [1.29, 1.82) is 0 Å². The van der Waals surface area contributed by atoms with E-state index in [1.165, 1.54) is 36.4 Å². The fourth-order valence-corrected chi connectivity index (χ4v) is 5.07.